The van der Waals surface area contributed by atoms with Crippen molar-refractivity contribution in [3.63, 3.8) is 0 Å². The Morgan fingerprint density at radius 1 is 1.07 bits per heavy atom. The number of aromatic amines is 1. The van der Waals surface area contributed by atoms with Crippen LogP contribution >= 0.6 is 0 Å². The number of rotatable bonds is 10. The summed E-state index contributed by atoms with van der Waals surface area (Å²) in [6, 6.07) is 18.0. The topological polar surface area (TPSA) is 67.0 Å². The highest BCUT2D eigenvalue weighted by Crippen LogP contribution is 2.24. The van der Waals surface area contributed by atoms with Gasteiger partial charge in [0.25, 0.3) is 5.91 Å². The van der Waals surface area contributed by atoms with E-state index in [1.54, 1.807) is 6.20 Å². The largest absolute Gasteiger partial charge is 0.494 e. The highest BCUT2D eigenvalue weighted by atomic mass is 16.5. The van der Waals surface area contributed by atoms with Gasteiger partial charge in [-0.15, -0.1) is 0 Å². The van der Waals surface area contributed by atoms with E-state index >= 15 is 0 Å². The second-order valence-corrected chi connectivity index (χ2v) is 6.73. The van der Waals surface area contributed by atoms with Crippen LogP contribution in [0.5, 0.6) is 5.75 Å². The highest BCUT2D eigenvalue weighted by molar-refractivity contribution is 5.99. The maximum Gasteiger partial charge on any atom is 0.255 e. The van der Waals surface area contributed by atoms with Crippen molar-refractivity contribution < 1.29 is 9.53 Å². The summed E-state index contributed by atoms with van der Waals surface area (Å²) >= 11 is 0. The van der Waals surface area contributed by atoms with E-state index in [2.05, 4.69) is 34.6 Å². The van der Waals surface area contributed by atoms with Crippen LogP contribution < -0.4 is 10.1 Å². The summed E-state index contributed by atoms with van der Waals surface area (Å²) in [6.45, 7) is 3.48. The van der Waals surface area contributed by atoms with E-state index in [0.29, 0.717) is 12.1 Å². The monoisotopic (exact) mass is 377 g/mol. The summed E-state index contributed by atoms with van der Waals surface area (Å²) in [5, 5.41) is 9.99. The molecule has 3 rings (SSSR count). The van der Waals surface area contributed by atoms with Crippen molar-refractivity contribution >= 4 is 5.91 Å². The molecule has 0 aliphatic heterocycles. The fraction of sp³-hybridized carbons (Fsp3) is 0.304. The number of carbonyl (C=O) groups is 1. The normalized spacial score (nSPS) is 10.6. The first-order valence-corrected chi connectivity index (χ1v) is 9.86. The zero-order valence-corrected chi connectivity index (χ0v) is 16.3. The zero-order chi connectivity index (χ0) is 19.6. The molecule has 5 heteroatoms. The molecule has 0 fully saturated rings. The third kappa shape index (κ3) is 5.46. The number of benzene rings is 2. The van der Waals surface area contributed by atoms with Crippen LogP contribution in [0.25, 0.3) is 11.3 Å². The minimum Gasteiger partial charge on any atom is -0.494 e. The number of nitrogens with zero attached hydrogens (tertiary/aromatic N) is 1. The van der Waals surface area contributed by atoms with Crippen molar-refractivity contribution in [2.24, 2.45) is 0 Å². The van der Waals surface area contributed by atoms with Crippen molar-refractivity contribution in [2.75, 3.05) is 13.2 Å². The van der Waals surface area contributed by atoms with E-state index in [1.165, 1.54) is 5.56 Å². The number of unbranched alkanes of at least 4 members (excludes halogenated alkanes) is 1. The van der Waals surface area contributed by atoms with Crippen LogP contribution in [0, 0.1) is 0 Å². The highest BCUT2D eigenvalue weighted by Gasteiger charge is 2.15. The van der Waals surface area contributed by atoms with Gasteiger partial charge < -0.3 is 10.1 Å². The number of amides is 1. The molecule has 146 valence electrons. The smallest absolute Gasteiger partial charge is 0.255 e. The van der Waals surface area contributed by atoms with Gasteiger partial charge in [-0.1, -0.05) is 43.7 Å². The Morgan fingerprint density at radius 2 is 1.86 bits per heavy atom. The van der Waals surface area contributed by atoms with E-state index in [4.69, 9.17) is 4.74 Å². The van der Waals surface area contributed by atoms with Crippen LogP contribution in [0.2, 0.25) is 0 Å². The standard InChI is InChI=1S/C23H27N3O2/c1-2-3-16-28-20-13-11-19(12-14-20)22-21(17-25-26-22)23(27)24-15-7-10-18-8-5-4-6-9-18/h4-6,8-9,11-14,17H,2-3,7,10,15-16H2,1H3,(H,24,27)(H,25,26). The van der Waals surface area contributed by atoms with Gasteiger partial charge in [0.2, 0.25) is 0 Å². The summed E-state index contributed by atoms with van der Waals surface area (Å²) in [7, 11) is 0. The van der Waals surface area contributed by atoms with E-state index in [9.17, 15) is 4.79 Å². The third-order valence-corrected chi connectivity index (χ3v) is 4.56. The molecule has 0 bridgehead atoms. The molecular weight excluding hydrogens is 350 g/mol. The van der Waals surface area contributed by atoms with E-state index < -0.39 is 0 Å². The summed E-state index contributed by atoms with van der Waals surface area (Å²) in [6.07, 6.45) is 5.56. The Balaban J connectivity index is 1.54. The van der Waals surface area contributed by atoms with Gasteiger partial charge in [-0.3, -0.25) is 9.89 Å². The fourth-order valence-corrected chi connectivity index (χ4v) is 2.96. The first-order chi connectivity index (χ1) is 13.8. The molecule has 0 saturated heterocycles. The molecule has 2 N–H and O–H groups in total. The van der Waals surface area contributed by atoms with Crippen LogP contribution in [0.1, 0.15) is 42.1 Å². The Labute approximate surface area is 166 Å². The van der Waals surface area contributed by atoms with Crippen molar-refractivity contribution in [3.05, 3.63) is 71.9 Å². The molecule has 0 atom stereocenters. The maximum absolute atomic E-state index is 12.6. The van der Waals surface area contributed by atoms with Crippen LogP contribution in [-0.2, 0) is 6.42 Å². The van der Waals surface area contributed by atoms with E-state index in [-0.39, 0.29) is 5.91 Å². The number of hydrogen-bond acceptors (Lipinski definition) is 3. The molecule has 2 aromatic carbocycles. The van der Waals surface area contributed by atoms with Crippen LogP contribution in [-0.4, -0.2) is 29.3 Å². The lowest BCUT2D eigenvalue weighted by molar-refractivity contribution is 0.0954. The first kappa shape index (κ1) is 19.7. The molecule has 1 amide bonds. The molecule has 28 heavy (non-hydrogen) atoms. The third-order valence-electron chi connectivity index (χ3n) is 4.56. The summed E-state index contributed by atoms with van der Waals surface area (Å²) < 4.78 is 5.69. The predicted molar refractivity (Wildman–Crippen MR) is 112 cm³/mol. The average Bonchev–Trinajstić information content (AvgIpc) is 3.23. The van der Waals surface area contributed by atoms with Gasteiger partial charge in [0.05, 0.1) is 24.1 Å². The van der Waals surface area contributed by atoms with Gasteiger partial charge in [-0.2, -0.15) is 5.10 Å². The maximum atomic E-state index is 12.6. The molecule has 0 aliphatic rings. The van der Waals surface area contributed by atoms with Gasteiger partial charge in [0.1, 0.15) is 5.75 Å². The lowest BCUT2D eigenvalue weighted by Gasteiger charge is -2.08. The number of H-pyrrole nitrogens is 1. The second kappa shape index (κ2) is 10.3. The summed E-state index contributed by atoms with van der Waals surface area (Å²) in [5.74, 6) is 0.726. The number of carbonyl (C=O) groups excluding carboxylic acids is 1. The molecule has 0 radical (unpaired) electrons. The lowest BCUT2D eigenvalue weighted by Crippen LogP contribution is -2.24. The predicted octanol–water partition coefficient (Wildman–Crippen LogP) is 4.62. The second-order valence-electron chi connectivity index (χ2n) is 6.73. The molecule has 0 unspecified atom stereocenters. The van der Waals surface area contributed by atoms with Crippen LogP contribution in [0.4, 0.5) is 0 Å². The molecule has 0 saturated carbocycles. The SMILES string of the molecule is CCCCOc1ccc(-c2[nH]ncc2C(=O)NCCCc2ccccc2)cc1. The zero-order valence-electron chi connectivity index (χ0n) is 16.3. The Bertz CT molecular complexity index is 857. The summed E-state index contributed by atoms with van der Waals surface area (Å²) in [4.78, 5) is 12.6. The number of aromatic nitrogens is 2. The van der Waals surface area contributed by atoms with Gasteiger partial charge in [-0.05, 0) is 49.1 Å². The van der Waals surface area contributed by atoms with Crippen molar-refractivity contribution in [1.29, 1.82) is 0 Å². The Hall–Kier alpha value is -3.08. The average molecular weight is 377 g/mol. The molecule has 0 spiro atoms. The fourth-order valence-electron chi connectivity index (χ4n) is 2.96. The molecule has 1 heterocycles. The summed E-state index contributed by atoms with van der Waals surface area (Å²) in [5.41, 5.74) is 3.47. The van der Waals surface area contributed by atoms with E-state index in [1.807, 2.05) is 42.5 Å². The van der Waals surface area contributed by atoms with Crippen LogP contribution in [0.3, 0.4) is 0 Å². The lowest BCUT2D eigenvalue weighted by atomic mass is 10.1. The molecule has 0 aliphatic carbocycles. The minimum atomic E-state index is -0.111. The van der Waals surface area contributed by atoms with Crippen molar-refractivity contribution in [3.8, 4) is 17.0 Å². The van der Waals surface area contributed by atoms with Gasteiger partial charge in [0, 0.05) is 12.1 Å². The molecular formula is C23H27N3O2. The Kier molecular flexibility index (Phi) is 7.24. The molecule has 3 aromatic rings. The quantitative estimate of drug-likeness (QED) is 0.507. The number of hydrogen-bond donors (Lipinski definition) is 2. The number of nitrogens with one attached hydrogen (secondary N) is 2. The molecule has 1 aromatic heterocycles. The van der Waals surface area contributed by atoms with Crippen LogP contribution in [0.15, 0.2) is 60.8 Å². The van der Waals surface area contributed by atoms with E-state index in [0.717, 1.165) is 49.3 Å². The molecule has 5 nitrogen and oxygen atoms in total. The number of aryl methyl sites for hydroxylation is 1. The van der Waals surface area contributed by atoms with Gasteiger partial charge in [0.15, 0.2) is 0 Å². The minimum absolute atomic E-state index is 0.111. The van der Waals surface area contributed by atoms with Gasteiger partial charge in [-0.25, -0.2) is 0 Å². The number of ether oxygens (including phenoxy) is 1. The van der Waals surface area contributed by atoms with Gasteiger partial charge >= 0.3 is 0 Å². The first-order valence-electron chi connectivity index (χ1n) is 9.86. The van der Waals surface area contributed by atoms with Crippen molar-refractivity contribution in [1.82, 2.24) is 15.5 Å². The Morgan fingerprint density at radius 3 is 2.61 bits per heavy atom. The van der Waals surface area contributed by atoms with Crippen molar-refractivity contribution in [2.45, 2.75) is 32.6 Å².